The van der Waals surface area contributed by atoms with Crippen LogP contribution >= 0.6 is 0 Å². The van der Waals surface area contributed by atoms with E-state index >= 15 is 0 Å². The van der Waals surface area contributed by atoms with Crippen molar-refractivity contribution in [3.05, 3.63) is 94.3 Å². The van der Waals surface area contributed by atoms with Crippen LogP contribution in [0.5, 0.6) is 0 Å². The van der Waals surface area contributed by atoms with E-state index in [9.17, 15) is 32.3 Å². The second-order valence-electron chi connectivity index (χ2n) is 13.2. The highest BCUT2D eigenvalue weighted by molar-refractivity contribution is 6.14. The van der Waals surface area contributed by atoms with Crippen LogP contribution in [0.3, 0.4) is 0 Å². The number of nitrogens with one attached hydrogen (secondary N) is 2. The third-order valence-corrected chi connectivity index (χ3v) is 9.02. The van der Waals surface area contributed by atoms with Crippen molar-refractivity contribution in [1.82, 2.24) is 38.7 Å². The molecule has 57 heavy (non-hydrogen) atoms. The number of aryl methyl sites for hydroxylation is 4. The zero-order valence-corrected chi connectivity index (χ0v) is 30.9. The number of allylic oxidation sites excluding steroid dienone is 2. The van der Waals surface area contributed by atoms with E-state index in [0.29, 0.717) is 50.3 Å². The van der Waals surface area contributed by atoms with Gasteiger partial charge >= 0.3 is 6.18 Å². The summed E-state index contributed by atoms with van der Waals surface area (Å²) in [6.45, 7) is 5.92. The normalized spacial score (nSPS) is 12.1. The molecule has 0 saturated carbocycles. The second-order valence-corrected chi connectivity index (χ2v) is 13.2. The molecule has 7 rings (SSSR count). The zero-order valence-electron chi connectivity index (χ0n) is 30.9. The average Bonchev–Trinajstić information content (AvgIpc) is 3.94. The standard InChI is InChI=1S/C37H35F3N12O5/c1-5-51-27(12-18(2)47-51)33(55)45-35-43-24-15-21(31(41)53)8-9-26(24)49(35)10-6-7-11-50-29-22-14-20(4)57-30(22)23(32(42)54)16-25(29)44-36(50)46-34(56)28-13-19(3)48-52(28)17-37(38,39)40/h6-9,12-16H,5,10-11,17H2,1-4H3,(H2,41,53)(H2,42,54)(H,43,45,55)(H,44,46,56)/b7-6+. The Hall–Kier alpha value is -7.25. The maximum Gasteiger partial charge on any atom is 0.408 e. The van der Waals surface area contributed by atoms with Gasteiger partial charge in [-0.2, -0.15) is 23.4 Å². The molecule has 0 saturated heterocycles. The number of primary amides is 2. The number of benzene rings is 2. The lowest BCUT2D eigenvalue weighted by atomic mass is 10.1. The Morgan fingerprint density at radius 1 is 0.789 bits per heavy atom. The van der Waals surface area contributed by atoms with Crippen LogP contribution in [-0.2, 0) is 26.2 Å². The van der Waals surface area contributed by atoms with E-state index in [1.165, 1.54) is 25.1 Å². The molecule has 0 radical (unpaired) electrons. The summed E-state index contributed by atoms with van der Waals surface area (Å²) >= 11 is 0. The molecule has 0 aliphatic carbocycles. The molecule has 6 N–H and O–H groups in total. The lowest BCUT2D eigenvalue weighted by Gasteiger charge is -2.12. The van der Waals surface area contributed by atoms with Gasteiger partial charge in [0, 0.05) is 30.6 Å². The van der Waals surface area contributed by atoms with Crippen molar-refractivity contribution < 1.29 is 36.8 Å². The fourth-order valence-electron chi connectivity index (χ4n) is 6.65. The van der Waals surface area contributed by atoms with E-state index < -0.39 is 36.3 Å². The van der Waals surface area contributed by atoms with Crippen LogP contribution in [0.2, 0.25) is 0 Å². The van der Waals surface area contributed by atoms with E-state index in [1.54, 1.807) is 64.1 Å². The summed E-state index contributed by atoms with van der Waals surface area (Å²) in [5.74, 6) is -2.23. The van der Waals surface area contributed by atoms with Gasteiger partial charge in [-0.05, 0) is 70.2 Å². The fraction of sp³-hybridized carbons (Fsp3) is 0.243. The molecule has 7 aromatic rings. The third-order valence-electron chi connectivity index (χ3n) is 9.02. The molecule has 0 unspecified atom stereocenters. The van der Waals surface area contributed by atoms with Crippen molar-refractivity contribution in [2.24, 2.45) is 11.5 Å². The van der Waals surface area contributed by atoms with Crippen molar-refractivity contribution in [3.63, 3.8) is 0 Å². The number of rotatable bonds is 12. The number of nitrogens with zero attached hydrogens (tertiary/aromatic N) is 8. The Balaban J connectivity index is 1.27. The predicted octanol–water partition coefficient (Wildman–Crippen LogP) is 4.99. The maximum absolute atomic E-state index is 13.6. The number of alkyl halides is 3. The molecule has 0 atom stereocenters. The van der Waals surface area contributed by atoms with Crippen molar-refractivity contribution in [3.8, 4) is 0 Å². The molecule has 4 amide bonds. The molecule has 0 bridgehead atoms. The first-order chi connectivity index (χ1) is 27.0. The number of hydrogen-bond donors (Lipinski definition) is 4. The quantitative estimate of drug-likeness (QED) is 0.122. The Kier molecular flexibility index (Phi) is 9.63. The Morgan fingerprint density at radius 3 is 2.00 bits per heavy atom. The summed E-state index contributed by atoms with van der Waals surface area (Å²) in [7, 11) is 0. The molecule has 0 fully saturated rings. The molecular weight excluding hydrogens is 749 g/mol. The SMILES string of the molecule is CCn1nc(C)cc1C(=O)Nc1nc2cc(C(N)=O)ccc2n1C/C=C/Cn1c(NC(=O)c2cc(C)nn2CC(F)(F)F)nc2cc(C(N)=O)c3oc(C)cc3c21. The van der Waals surface area contributed by atoms with Gasteiger partial charge in [-0.25, -0.2) is 9.97 Å². The minimum Gasteiger partial charge on any atom is -0.460 e. The van der Waals surface area contributed by atoms with Crippen LogP contribution in [0.25, 0.3) is 33.0 Å². The van der Waals surface area contributed by atoms with Gasteiger partial charge in [0.2, 0.25) is 17.8 Å². The van der Waals surface area contributed by atoms with Crippen LogP contribution in [0.1, 0.15) is 65.8 Å². The third kappa shape index (κ3) is 7.43. The number of amides is 4. The van der Waals surface area contributed by atoms with Crippen LogP contribution in [0.4, 0.5) is 25.1 Å². The predicted molar refractivity (Wildman–Crippen MR) is 202 cm³/mol. The van der Waals surface area contributed by atoms with Gasteiger partial charge in [0.15, 0.2) is 0 Å². The number of anilines is 2. The topological polar surface area (TPSA) is 229 Å². The number of nitrogens with two attached hydrogens (primary N) is 2. The monoisotopic (exact) mass is 784 g/mol. The summed E-state index contributed by atoms with van der Waals surface area (Å²) in [6.07, 6.45) is -1.15. The molecule has 5 heterocycles. The molecule has 20 heteroatoms. The number of furan rings is 1. The zero-order chi connectivity index (χ0) is 40.9. The van der Waals surface area contributed by atoms with E-state index in [4.69, 9.17) is 15.9 Å². The number of halogens is 3. The summed E-state index contributed by atoms with van der Waals surface area (Å²) in [5.41, 5.74) is 14.1. The molecular formula is C37H35F3N12O5. The van der Waals surface area contributed by atoms with Gasteiger partial charge in [-0.3, -0.25) is 39.2 Å². The Labute approximate surface area is 320 Å². The molecule has 0 spiro atoms. The fourth-order valence-corrected chi connectivity index (χ4v) is 6.65. The van der Waals surface area contributed by atoms with E-state index in [0.717, 1.165) is 0 Å². The summed E-state index contributed by atoms with van der Waals surface area (Å²) < 4.78 is 51.4. The van der Waals surface area contributed by atoms with E-state index in [2.05, 4.69) is 30.8 Å². The van der Waals surface area contributed by atoms with Crippen molar-refractivity contribution in [1.29, 1.82) is 0 Å². The van der Waals surface area contributed by atoms with Gasteiger partial charge in [0.25, 0.3) is 17.7 Å². The molecule has 294 valence electrons. The number of carbonyl (C=O) groups excluding carboxylic acids is 4. The highest BCUT2D eigenvalue weighted by Crippen LogP contribution is 2.34. The van der Waals surface area contributed by atoms with Crippen LogP contribution < -0.4 is 22.1 Å². The summed E-state index contributed by atoms with van der Waals surface area (Å²) in [4.78, 5) is 60.6. The summed E-state index contributed by atoms with van der Waals surface area (Å²) in [5, 5.41) is 14.1. The van der Waals surface area contributed by atoms with Gasteiger partial charge < -0.3 is 25.0 Å². The van der Waals surface area contributed by atoms with Crippen molar-refractivity contribution in [2.75, 3.05) is 10.6 Å². The van der Waals surface area contributed by atoms with E-state index in [1.807, 2.05) is 6.92 Å². The van der Waals surface area contributed by atoms with Crippen LogP contribution in [-0.4, -0.2) is 68.5 Å². The first kappa shape index (κ1) is 38.0. The number of hydrogen-bond acceptors (Lipinski definition) is 9. The Bertz CT molecular complexity index is 2800. The van der Waals surface area contributed by atoms with Gasteiger partial charge in [0.05, 0.1) is 39.0 Å². The molecule has 5 aromatic heterocycles. The number of fused-ring (bicyclic) bond motifs is 4. The number of carbonyl (C=O) groups is 4. The molecule has 2 aromatic carbocycles. The van der Waals surface area contributed by atoms with Gasteiger partial charge in [0.1, 0.15) is 29.3 Å². The van der Waals surface area contributed by atoms with Gasteiger partial charge in [-0.15, -0.1) is 0 Å². The molecule has 0 aliphatic rings. The van der Waals surface area contributed by atoms with Crippen molar-refractivity contribution >= 4 is 68.6 Å². The number of imidazole rings is 2. The number of aromatic nitrogens is 8. The van der Waals surface area contributed by atoms with Gasteiger partial charge in [-0.1, -0.05) is 12.2 Å². The highest BCUT2D eigenvalue weighted by atomic mass is 19.4. The average molecular weight is 785 g/mol. The van der Waals surface area contributed by atoms with Crippen LogP contribution in [0.15, 0.2) is 59.0 Å². The largest absolute Gasteiger partial charge is 0.460 e. The maximum atomic E-state index is 13.6. The minimum absolute atomic E-state index is 0.0390. The summed E-state index contributed by atoms with van der Waals surface area (Å²) in [6, 6.07) is 10.7. The highest BCUT2D eigenvalue weighted by Gasteiger charge is 2.31. The van der Waals surface area contributed by atoms with Crippen molar-refractivity contribution in [2.45, 2.75) is 60.1 Å². The molecule has 17 nitrogen and oxygen atoms in total. The lowest BCUT2D eigenvalue weighted by molar-refractivity contribution is -0.142. The first-order valence-electron chi connectivity index (χ1n) is 17.5. The van der Waals surface area contributed by atoms with Crippen LogP contribution in [0, 0.1) is 20.8 Å². The lowest BCUT2D eigenvalue weighted by Crippen LogP contribution is -2.25. The molecule has 0 aliphatic heterocycles. The van der Waals surface area contributed by atoms with E-state index in [-0.39, 0.29) is 58.6 Å². The minimum atomic E-state index is -4.65. The second kappa shape index (κ2) is 14.4. The Morgan fingerprint density at radius 2 is 1.39 bits per heavy atom. The first-order valence-corrected chi connectivity index (χ1v) is 17.5. The smallest absolute Gasteiger partial charge is 0.408 e.